The lowest BCUT2D eigenvalue weighted by Crippen LogP contribution is -2.49. The van der Waals surface area contributed by atoms with Gasteiger partial charge in [-0.3, -0.25) is 4.79 Å². The zero-order valence-electron chi connectivity index (χ0n) is 14.1. The van der Waals surface area contributed by atoms with Gasteiger partial charge in [0.05, 0.1) is 5.75 Å². The molecule has 23 heavy (non-hydrogen) atoms. The second-order valence-corrected chi connectivity index (χ2v) is 8.93. The van der Waals surface area contributed by atoms with E-state index in [1.54, 1.807) is 0 Å². The fourth-order valence-electron chi connectivity index (χ4n) is 2.76. The van der Waals surface area contributed by atoms with Crippen molar-refractivity contribution in [1.82, 2.24) is 9.62 Å². The molecule has 0 aliphatic carbocycles. The number of likely N-dealkylation sites (tertiary alicyclic amines) is 1. The minimum absolute atomic E-state index is 0.00498. The summed E-state index contributed by atoms with van der Waals surface area (Å²) in [5.41, 5.74) is 0.389. The number of carbonyl (C=O) groups is 1. The van der Waals surface area contributed by atoms with E-state index in [9.17, 15) is 13.2 Å². The molecule has 1 aliphatic heterocycles. The van der Waals surface area contributed by atoms with Crippen molar-refractivity contribution in [2.75, 3.05) is 13.1 Å². The van der Waals surface area contributed by atoms with E-state index >= 15 is 0 Å². The Morgan fingerprint density at radius 3 is 2.26 bits per heavy atom. The Labute approximate surface area is 139 Å². The molecular formula is C17H26N2O3S. The number of sulfonamides is 1. The average molecular weight is 338 g/mol. The van der Waals surface area contributed by atoms with Gasteiger partial charge in [-0.05, 0) is 18.4 Å². The number of hydrogen-bond donors (Lipinski definition) is 1. The van der Waals surface area contributed by atoms with E-state index in [1.165, 1.54) is 0 Å². The van der Waals surface area contributed by atoms with E-state index < -0.39 is 10.0 Å². The third-order valence-electron chi connectivity index (χ3n) is 3.97. The van der Waals surface area contributed by atoms with Gasteiger partial charge in [-0.1, -0.05) is 51.1 Å². The fraction of sp³-hybridized carbons (Fsp3) is 0.588. The number of piperidine rings is 1. The lowest BCUT2D eigenvalue weighted by molar-refractivity contribution is -0.140. The minimum atomic E-state index is -3.35. The summed E-state index contributed by atoms with van der Waals surface area (Å²) in [4.78, 5) is 14.1. The Bertz CT molecular complexity index is 628. The van der Waals surface area contributed by atoms with Crippen LogP contribution < -0.4 is 4.72 Å². The van der Waals surface area contributed by atoms with Gasteiger partial charge in [-0.25, -0.2) is 13.1 Å². The molecule has 1 aromatic carbocycles. The number of hydrogen-bond acceptors (Lipinski definition) is 3. The number of nitrogens with one attached hydrogen (secondary N) is 1. The van der Waals surface area contributed by atoms with Gasteiger partial charge < -0.3 is 4.90 Å². The van der Waals surface area contributed by atoms with Gasteiger partial charge in [0.2, 0.25) is 15.9 Å². The zero-order chi connectivity index (χ0) is 17.1. The van der Waals surface area contributed by atoms with Crippen LogP contribution >= 0.6 is 0 Å². The lowest BCUT2D eigenvalue weighted by Gasteiger charge is -2.35. The molecule has 1 amide bonds. The van der Waals surface area contributed by atoms with E-state index in [-0.39, 0.29) is 23.1 Å². The highest BCUT2D eigenvalue weighted by atomic mass is 32.2. The number of nitrogens with zero attached hydrogens (tertiary/aromatic N) is 1. The van der Waals surface area contributed by atoms with Gasteiger partial charge in [-0.2, -0.15) is 0 Å². The minimum Gasteiger partial charge on any atom is -0.342 e. The first-order valence-corrected chi connectivity index (χ1v) is 9.66. The summed E-state index contributed by atoms with van der Waals surface area (Å²) in [6.45, 7) is 6.93. The van der Waals surface area contributed by atoms with E-state index in [0.717, 1.165) is 5.56 Å². The van der Waals surface area contributed by atoms with Gasteiger partial charge in [0.1, 0.15) is 0 Å². The molecule has 5 nitrogen and oxygen atoms in total. The average Bonchev–Trinajstić information content (AvgIpc) is 2.46. The summed E-state index contributed by atoms with van der Waals surface area (Å²) in [6.07, 6.45) is 1.33. The van der Waals surface area contributed by atoms with Crippen LogP contribution in [0, 0.1) is 5.41 Å². The largest absolute Gasteiger partial charge is 0.342 e. The molecule has 128 valence electrons. The predicted octanol–water partition coefficient (Wildman–Crippen LogP) is 2.14. The molecule has 2 rings (SSSR count). The van der Waals surface area contributed by atoms with Gasteiger partial charge >= 0.3 is 0 Å². The van der Waals surface area contributed by atoms with Crippen LogP contribution in [0.25, 0.3) is 0 Å². The Balaban J connectivity index is 1.87. The molecule has 0 saturated carbocycles. The summed E-state index contributed by atoms with van der Waals surface area (Å²) >= 11 is 0. The maximum atomic E-state index is 12.3. The maximum absolute atomic E-state index is 12.3. The molecule has 1 heterocycles. The van der Waals surface area contributed by atoms with E-state index in [2.05, 4.69) is 4.72 Å². The fourth-order valence-corrected chi connectivity index (χ4v) is 4.22. The molecule has 1 N–H and O–H groups in total. The molecule has 0 aromatic heterocycles. The Morgan fingerprint density at radius 1 is 1.17 bits per heavy atom. The van der Waals surface area contributed by atoms with Crippen molar-refractivity contribution < 1.29 is 13.2 Å². The van der Waals surface area contributed by atoms with Crippen molar-refractivity contribution in [2.45, 2.75) is 45.4 Å². The molecule has 0 bridgehead atoms. The first kappa shape index (κ1) is 17.9. The van der Waals surface area contributed by atoms with Crippen LogP contribution in [0.15, 0.2) is 30.3 Å². The number of amides is 1. The summed E-state index contributed by atoms with van der Waals surface area (Å²) < 4.78 is 27.3. The first-order chi connectivity index (χ1) is 10.7. The van der Waals surface area contributed by atoms with E-state index in [4.69, 9.17) is 0 Å². The van der Waals surface area contributed by atoms with Crippen molar-refractivity contribution in [3.63, 3.8) is 0 Å². The van der Waals surface area contributed by atoms with Crippen molar-refractivity contribution in [3.05, 3.63) is 35.9 Å². The third kappa shape index (κ3) is 5.32. The van der Waals surface area contributed by atoms with Gasteiger partial charge in [0.15, 0.2) is 0 Å². The van der Waals surface area contributed by atoms with Crippen LogP contribution in [-0.2, 0) is 20.6 Å². The van der Waals surface area contributed by atoms with E-state index in [1.807, 2.05) is 56.0 Å². The topological polar surface area (TPSA) is 66.5 Å². The monoisotopic (exact) mass is 338 g/mol. The summed E-state index contributed by atoms with van der Waals surface area (Å²) in [5, 5.41) is 0. The first-order valence-electron chi connectivity index (χ1n) is 8.01. The third-order valence-corrected chi connectivity index (χ3v) is 5.38. The molecule has 0 unspecified atom stereocenters. The molecule has 1 saturated heterocycles. The highest BCUT2D eigenvalue weighted by Crippen LogP contribution is 2.21. The molecule has 1 aromatic rings. The Morgan fingerprint density at radius 2 is 1.74 bits per heavy atom. The number of benzene rings is 1. The lowest BCUT2D eigenvalue weighted by atomic mass is 9.93. The molecule has 6 heteroatoms. The molecule has 1 fully saturated rings. The summed E-state index contributed by atoms with van der Waals surface area (Å²) in [5.74, 6) is 0.123. The van der Waals surface area contributed by atoms with Crippen molar-refractivity contribution in [2.24, 2.45) is 5.41 Å². The zero-order valence-corrected chi connectivity index (χ0v) is 14.9. The summed E-state index contributed by atoms with van der Waals surface area (Å²) in [6, 6.07) is 9.06. The molecular weight excluding hydrogens is 312 g/mol. The van der Waals surface area contributed by atoms with Crippen LogP contribution in [0.1, 0.15) is 39.2 Å². The van der Waals surface area contributed by atoms with Crippen molar-refractivity contribution >= 4 is 15.9 Å². The number of carbonyl (C=O) groups excluding carboxylic acids is 1. The molecule has 0 atom stereocenters. The standard InChI is InChI=1S/C17H26N2O3S/c1-17(2,3)16(20)19-11-9-15(10-12-19)18-23(21,22)13-14-7-5-4-6-8-14/h4-8,15,18H,9-13H2,1-3H3. The van der Waals surface area contributed by atoms with Gasteiger partial charge in [0.25, 0.3) is 0 Å². The Hall–Kier alpha value is -1.40. The van der Waals surface area contributed by atoms with Crippen molar-refractivity contribution in [1.29, 1.82) is 0 Å². The molecule has 0 spiro atoms. The highest BCUT2D eigenvalue weighted by Gasteiger charge is 2.31. The second kappa shape index (κ2) is 7.01. The highest BCUT2D eigenvalue weighted by molar-refractivity contribution is 7.88. The summed E-state index contributed by atoms with van der Waals surface area (Å²) in [7, 11) is -3.35. The van der Waals surface area contributed by atoms with Crippen LogP contribution in [0.3, 0.4) is 0 Å². The van der Waals surface area contributed by atoms with Crippen LogP contribution in [0.2, 0.25) is 0 Å². The SMILES string of the molecule is CC(C)(C)C(=O)N1CCC(NS(=O)(=O)Cc2ccccc2)CC1. The maximum Gasteiger partial charge on any atom is 0.227 e. The molecule has 0 radical (unpaired) electrons. The van der Waals surface area contributed by atoms with E-state index in [0.29, 0.717) is 25.9 Å². The molecule has 1 aliphatic rings. The number of rotatable bonds is 4. The smallest absolute Gasteiger partial charge is 0.227 e. The van der Waals surface area contributed by atoms with Gasteiger partial charge in [0, 0.05) is 24.5 Å². The Kier molecular flexibility index (Phi) is 5.47. The van der Waals surface area contributed by atoms with Crippen LogP contribution in [-0.4, -0.2) is 38.4 Å². The normalized spacial score (nSPS) is 17.3. The van der Waals surface area contributed by atoms with Crippen molar-refractivity contribution in [3.8, 4) is 0 Å². The van der Waals surface area contributed by atoms with Gasteiger partial charge in [-0.15, -0.1) is 0 Å². The predicted molar refractivity (Wildman–Crippen MR) is 91.3 cm³/mol. The second-order valence-electron chi connectivity index (χ2n) is 7.18. The van der Waals surface area contributed by atoms with Crippen LogP contribution in [0.5, 0.6) is 0 Å². The quantitative estimate of drug-likeness (QED) is 0.915. The van der Waals surface area contributed by atoms with Crippen LogP contribution in [0.4, 0.5) is 0 Å².